The maximum Gasteiger partial charge on any atom is 0.416 e. The standard InChI is InChI=1S/C18H18F3NO3/c1-3-16(25-15-6-4-5-14(11-15)24-2)17(23)22-13-9-7-12(8-10-13)18(19,20)21/h4-11,16H,3H2,1-2H3,(H,22,23)/t16-/m1/s1. The molecule has 0 saturated heterocycles. The number of amides is 1. The molecule has 2 aromatic rings. The third kappa shape index (κ3) is 5.14. The molecule has 134 valence electrons. The Hall–Kier alpha value is -2.70. The molecule has 0 saturated carbocycles. The van der Waals surface area contributed by atoms with Gasteiger partial charge in [-0.15, -0.1) is 0 Å². The van der Waals surface area contributed by atoms with Crippen LogP contribution in [0.1, 0.15) is 18.9 Å². The second-order valence-electron chi connectivity index (χ2n) is 5.26. The number of carbonyl (C=O) groups is 1. The van der Waals surface area contributed by atoms with Gasteiger partial charge in [0.2, 0.25) is 0 Å². The lowest BCUT2D eigenvalue weighted by Crippen LogP contribution is -2.32. The van der Waals surface area contributed by atoms with Crippen LogP contribution in [0.2, 0.25) is 0 Å². The van der Waals surface area contributed by atoms with Crippen LogP contribution in [-0.2, 0) is 11.0 Å². The van der Waals surface area contributed by atoms with Gasteiger partial charge in [0, 0.05) is 11.8 Å². The van der Waals surface area contributed by atoms with Crippen molar-refractivity contribution in [2.24, 2.45) is 0 Å². The van der Waals surface area contributed by atoms with Crippen LogP contribution in [-0.4, -0.2) is 19.1 Å². The van der Waals surface area contributed by atoms with Crippen molar-refractivity contribution < 1.29 is 27.4 Å². The van der Waals surface area contributed by atoms with Crippen molar-refractivity contribution >= 4 is 11.6 Å². The van der Waals surface area contributed by atoms with Gasteiger partial charge in [-0.25, -0.2) is 0 Å². The number of methoxy groups -OCH3 is 1. The topological polar surface area (TPSA) is 47.6 Å². The Morgan fingerprint density at radius 2 is 1.76 bits per heavy atom. The molecule has 2 aromatic carbocycles. The summed E-state index contributed by atoms with van der Waals surface area (Å²) in [7, 11) is 1.52. The first-order chi connectivity index (χ1) is 11.8. The Kier molecular flexibility index (Phi) is 5.90. The van der Waals surface area contributed by atoms with E-state index in [4.69, 9.17) is 9.47 Å². The molecule has 0 aromatic heterocycles. The third-order valence-electron chi connectivity index (χ3n) is 3.46. The van der Waals surface area contributed by atoms with Crippen LogP contribution in [0, 0.1) is 0 Å². The zero-order valence-corrected chi connectivity index (χ0v) is 13.8. The molecular formula is C18H18F3NO3. The fraction of sp³-hybridized carbons (Fsp3) is 0.278. The minimum atomic E-state index is -4.41. The summed E-state index contributed by atoms with van der Waals surface area (Å²) in [5.74, 6) is 0.620. The molecule has 1 amide bonds. The van der Waals surface area contributed by atoms with Gasteiger partial charge in [0.15, 0.2) is 6.10 Å². The highest BCUT2D eigenvalue weighted by molar-refractivity contribution is 5.94. The number of alkyl halides is 3. The van der Waals surface area contributed by atoms with Crippen molar-refractivity contribution in [1.29, 1.82) is 0 Å². The van der Waals surface area contributed by atoms with Crippen molar-refractivity contribution in [3.05, 3.63) is 54.1 Å². The number of hydrogen-bond donors (Lipinski definition) is 1. The second-order valence-corrected chi connectivity index (χ2v) is 5.26. The van der Waals surface area contributed by atoms with E-state index in [1.807, 2.05) is 0 Å². The average Bonchev–Trinajstić information content (AvgIpc) is 2.59. The predicted molar refractivity (Wildman–Crippen MR) is 87.8 cm³/mol. The molecule has 0 radical (unpaired) electrons. The van der Waals surface area contributed by atoms with Crippen molar-refractivity contribution in [3.8, 4) is 11.5 Å². The van der Waals surface area contributed by atoms with Crippen molar-refractivity contribution in [2.45, 2.75) is 25.6 Å². The normalized spacial score (nSPS) is 12.4. The highest BCUT2D eigenvalue weighted by Crippen LogP contribution is 2.30. The van der Waals surface area contributed by atoms with Crippen LogP contribution in [0.4, 0.5) is 18.9 Å². The Morgan fingerprint density at radius 3 is 2.32 bits per heavy atom. The van der Waals surface area contributed by atoms with Crippen LogP contribution in [0.5, 0.6) is 11.5 Å². The number of nitrogens with one attached hydrogen (secondary N) is 1. The highest BCUT2D eigenvalue weighted by Gasteiger charge is 2.30. The molecule has 0 heterocycles. The molecule has 0 unspecified atom stereocenters. The summed E-state index contributed by atoms with van der Waals surface area (Å²) in [4.78, 5) is 12.3. The van der Waals surface area contributed by atoms with E-state index in [9.17, 15) is 18.0 Å². The Morgan fingerprint density at radius 1 is 1.12 bits per heavy atom. The van der Waals surface area contributed by atoms with Gasteiger partial charge in [0.1, 0.15) is 11.5 Å². The number of anilines is 1. The first kappa shape index (κ1) is 18.6. The summed E-state index contributed by atoms with van der Waals surface area (Å²) in [6, 6.07) is 11.1. The van der Waals surface area contributed by atoms with E-state index in [2.05, 4.69) is 5.32 Å². The molecule has 0 aliphatic heterocycles. The van der Waals surface area contributed by atoms with Gasteiger partial charge in [0.05, 0.1) is 12.7 Å². The summed E-state index contributed by atoms with van der Waals surface area (Å²) in [5, 5.41) is 2.56. The molecule has 2 rings (SSSR count). The van der Waals surface area contributed by atoms with Crippen LogP contribution < -0.4 is 14.8 Å². The predicted octanol–water partition coefficient (Wildman–Crippen LogP) is 4.51. The Labute approximate surface area is 143 Å². The maximum absolute atomic E-state index is 12.6. The van der Waals surface area contributed by atoms with Gasteiger partial charge in [-0.2, -0.15) is 13.2 Å². The van der Waals surface area contributed by atoms with Crippen molar-refractivity contribution in [1.82, 2.24) is 0 Å². The van der Waals surface area contributed by atoms with E-state index in [1.54, 1.807) is 31.2 Å². The number of halogens is 3. The molecule has 1 N–H and O–H groups in total. The molecule has 0 spiro atoms. The minimum Gasteiger partial charge on any atom is -0.497 e. The molecular weight excluding hydrogens is 335 g/mol. The zero-order valence-electron chi connectivity index (χ0n) is 13.8. The molecule has 0 bridgehead atoms. The van der Waals surface area contributed by atoms with Crippen molar-refractivity contribution in [2.75, 3.05) is 12.4 Å². The van der Waals surface area contributed by atoms with Gasteiger partial charge in [0.25, 0.3) is 5.91 Å². The quantitative estimate of drug-likeness (QED) is 0.831. The summed E-state index contributed by atoms with van der Waals surface area (Å²) in [5.41, 5.74) is -0.504. The first-order valence-electron chi connectivity index (χ1n) is 7.62. The molecule has 0 fully saturated rings. The number of benzene rings is 2. The van der Waals surface area contributed by atoms with Crippen LogP contribution in [0.15, 0.2) is 48.5 Å². The van der Waals surface area contributed by atoms with E-state index >= 15 is 0 Å². The Balaban J connectivity index is 2.04. The van der Waals surface area contributed by atoms with E-state index in [0.29, 0.717) is 17.9 Å². The lowest BCUT2D eigenvalue weighted by Gasteiger charge is -2.18. The van der Waals surface area contributed by atoms with Gasteiger partial charge in [-0.05, 0) is 42.8 Å². The lowest BCUT2D eigenvalue weighted by atomic mass is 10.2. The monoisotopic (exact) mass is 353 g/mol. The van der Waals surface area contributed by atoms with E-state index < -0.39 is 23.8 Å². The smallest absolute Gasteiger partial charge is 0.416 e. The summed E-state index contributed by atoms with van der Waals surface area (Å²) in [6.45, 7) is 1.77. The zero-order chi connectivity index (χ0) is 18.4. The largest absolute Gasteiger partial charge is 0.497 e. The van der Waals surface area contributed by atoms with Crippen LogP contribution >= 0.6 is 0 Å². The number of carbonyl (C=O) groups excluding carboxylic acids is 1. The van der Waals surface area contributed by atoms with Gasteiger partial charge in [-0.1, -0.05) is 13.0 Å². The number of ether oxygens (including phenoxy) is 2. The molecule has 0 aliphatic rings. The van der Waals surface area contributed by atoms with E-state index in [0.717, 1.165) is 12.1 Å². The number of rotatable bonds is 6. The minimum absolute atomic E-state index is 0.269. The second kappa shape index (κ2) is 7.92. The lowest BCUT2D eigenvalue weighted by molar-refractivity contribution is -0.137. The molecule has 1 atom stereocenters. The van der Waals surface area contributed by atoms with Crippen molar-refractivity contribution in [3.63, 3.8) is 0 Å². The van der Waals surface area contributed by atoms with E-state index in [1.165, 1.54) is 19.2 Å². The summed E-state index contributed by atoms with van der Waals surface area (Å²) < 4.78 is 48.4. The first-order valence-corrected chi connectivity index (χ1v) is 7.62. The van der Waals surface area contributed by atoms with Crippen LogP contribution in [0.25, 0.3) is 0 Å². The highest BCUT2D eigenvalue weighted by atomic mass is 19.4. The van der Waals surface area contributed by atoms with Gasteiger partial charge < -0.3 is 14.8 Å². The maximum atomic E-state index is 12.6. The van der Waals surface area contributed by atoms with E-state index in [-0.39, 0.29) is 5.69 Å². The van der Waals surface area contributed by atoms with Gasteiger partial charge in [-0.3, -0.25) is 4.79 Å². The SMILES string of the molecule is CC[C@@H](Oc1cccc(OC)c1)C(=O)Nc1ccc(C(F)(F)F)cc1. The summed E-state index contributed by atoms with van der Waals surface area (Å²) >= 11 is 0. The van der Waals surface area contributed by atoms with Gasteiger partial charge >= 0.3 is 6.18 Å². The molecule has 0 aliphatic carbocycles. The fourth-order valence-electron chi connectivity index (χ4n) is 2.13. The Bertz CT molecular complexity index is 714. The molecule has 25 heavy (non-hydrogen) atoms. The van der Waals surface area contributed by atoms with Crippen LogP contribution in [0.3, 0.4) is 0 Å². The fourth-order valence-corrected chi connectivity index (χ4v) is 2.13. The molecule has 7 heteroatoms. The number of hydrogen-bond acceptors (Lipinski definition) is 3. The average molecular weight is 353 g/mol. The molecule has 4 nitrogen and oxygen atoms in total. The summed E-state index contributed by atoms with van der Waals surface area (Å²) in [6.07, 6.45) is -4.80. The third-order valence-corrected chi connectivity index (χ3v) is 3.46.